The summed E-state index contributed by atoms with van der Waals surface area (Å²) in [6.45, 7) is 1.22. The van der Waals surface area contributed by atoms with Gasteiger partial charge in [-0.2, -0.15) is 0 Å². The normalized spacial score (nSPS) is 12.9. The summed E-state index contributed by atoms with van der Waals surface area (Å²) >= 11 is 3.24. The number of carbonyl (C=O) groups excluding carboxylic acids is 3. The fourth-order valence-corrected chi connectivity index (χ4v) is 3.02. The van der Waals surface area contributed by atoms with Crippen molar-refractivity contribution in [3.63, 3.8) is 0 Å². The Hall–Kier alpha value is -3.07. The number of Topliss-reactive ketones (excluding diaryl/α,β-unsaturated/α-hetero) is 1. The Bertz CT molecular complexity index is 973. The number of aryl methyl sites for hydroxylation is 1. The van der Waals surface area contributed by atoms with Gasteiger partial charge in [-0.1, -0.05) is 22.0 Å². The fraction of sp³-hybridized carbons (Fsp3) is 0.118. The summed E-state index contributed by atoms with van der Waals surface area (Å²) in [6.07, 6.45) is 0. The molecule has 2 aromatic rings. The Labute approximate surface area is 156 Å². The molecule has 0 saturated heterocycles. The van der Waals surface area contributed by atoms with Crippen LogP contribution >= 0.6 is 15.9 Å². The van der Waals surface area contributed by atoms with E-state index >= 15 is 0 Å². The number of halogens is 1. The van der Waals surface area contributed by atoms with E-state index in [2.05, 4.69) is 21.2 Å². The molecule has 2 amide bonds. The van der Waals surface area contributed by atoms with E-state index in [9.17, 15) is 24.5 Å². The molecule has 0 fully saturated rings. The van der Waals surface area contributed by atoms with E-state index in [1.807, 2.05) is 0 Å². The number of benzene rings is 2. The average molecular weight is 418 g/mol. The monoisotopic (exact) mass is 417 g/mol. The first-order valence-electron chi connectivity index (χ1n) is 7.48. The van der Waals surface area contributed by atoms with Gasteiger partial charge in [0, 0.05) is 21.8 Å². The molecule has 0 spiro atoms. The minimum atomic E-state index is -0.789. The lowest BCUT2D eigenvalue weighted by molar-refractivity contribution is -0.385. The van der Waals surface area contributed by atoms with Crippen molar-refractivity contribution in [1.29, 1.82) is 0 Å². The number of nitrogens with one attached hydrogen (secondary N) is 1. The van der Waals surface area contributed by atoms with Crippen molar-refractivity contribution >= 4 is 50.6 Å². The van der Waals surface area contributed by atoms with Crippen LogP contribution in [0.4, 0.5) is 17.1 Å². The molecular weight excluding hydrogens is 406 g/mol. The first-order chi connectivity index (χ1) is 12.3. The van der Waals surface area contributed by atoms with E-state index in [0.29, 0.717) is 15.7 Å². The maximum Gasteiger partial charge on any atom is 0.299 e. The molecule has 0 atom stereocenters. The largest absolute Gasteiger partial charge is 0.324 e. The van der Waals surface area contributed by atoms with Crippen LogP contribution in [0.3, 0.4) is 0 Å². The van der Waals surface area contributed by atoms with Crippen LogP contribution in [-0.4, -0.2) is 29.1 Å². The number of anilines is 2. The van der Waals surface area contributed by atoms with E-state index in [0.717, 1.165) is 4.90 Å². The van der Waals surface area contributed by atoms with Gasteiger partial charge in [0.05, 0.1) is 16.2 Å². The number of nitro groups is 1. The summed E-state index contributed by atoms with van der Waals surface area (Å²) in [4.78, 5) is 48.0. The van der Waals surface area contributed by atoms with Crippen LogP contribution in [0, 0.1) is 17.0 Å². The SMILES string of the molecule is Cc1ccc(NC(=O)CN2C(=O)C(=O)c3cc(Br)ccc32)cc1[N+](=O)[O-]. The lowest BCUT2D eigenvalue weighted by atomic mass is 10.1. The highest BCUT2D eigenvalue weighted by atomic mass is 79.9. The molecule has 26 heavy (non-hydrogen) atoms. The van der Waals surface area contributed by atoms with E-state index in [-0.39, 0.29) is 23.5 Å². The van der Waals surface area contributed by atoms with Crippen molar-refractivity contribution in [3.8, 4) is 0 Å². The van der Waals surface area contributed by atoms with Gasteiger partial charge in [0.2, 0.25) is 5.91 Å². The fourth-order valence-electron chi connectivity index (χ4n) is 2.66. The zero-order chi connectivity index (χ0) is 19.0. The summed E-state index contributed by atoms with van der Waals surface area (Å²) in [5.74, 6) is -2.04. The van der Waals surface area contributed by atoms with Crippen LogP contribution in [0.2, 0.25) is 0 Å². The van der Waals surface area contributed by atoms with E-state index in [1.165, 1.54) is 24.3 Å². The molecule has 9 heteroatoms. The highest BCUT2D eigenvalue weighted by Gasteiger charge is 2.36. The van der Waals surface area contributed by atoms with Gasteiger partial charge in [0.1, 0.15) is 6.54 Å². The Kier molecular flexibility index (Phi) is 4.56. The lowest BCUT2D eigenvalue weighted by Crippen LogP contribution is -2.37. The number of ketones is 1. The highest BCUT2D eigenvalue weighted by molar-refractivity contribution is 9.10. The highest BCUT2D eigenvalue weighted by Crippen LogP contribution is 2.31. The maximum absolute atomic E-state index is 12.3. The van der Waals surface area contributed by atoms with Crippen LogP contribution < -0.4 is 10.2 Å². The van der Waals surface area contributed by atoms with E-state index in [1.54, 1.807) is 19.1 Å². The van der Waals surface area contributed by atoms with E-state index < -0.39 is 22.5 Å². The Balaban J connectivity index is 1.79. The van der Waals surface area contributed by atoms with Gasteiger partial charge in [-0.3, -0.25) is 29.4 Å². The minimum Gasteiger partial charge on any atom is -0.324 e. The molecule has 1 aliphatic rings. The number of nitro benzene ring substituents is 1. The number of hydrogen-bond donors (Lipinski definition) is 1. The first-order valence-corrected chi connectivity index (χ1v) is 8.28. The zero-order valence-corrected chi connectivity index (χ0v) is 15.1. The summed E-state index contributed by atoms with van der Waals surface area (Å²) < 4.78 is 0.649. The summed E-state index contributed by atoms with van der Waals surface area (Å²) in [5, 5.41) is 13.5. The van der Waals surface area contributed by atoms with Crippen LogP contribution in [0.5, 0.6) is 0 Å². The smallest absolute Gasteiger partial charge is 0.299 e. The maximum atomic E-state index is 12.3. The number of fused-ring (bicyclic) bond motifs is 1. The Morgan fingerprint density at radius 2 is 1.96 bits per heavy atom. The van der Waals surface area contributed by atoms with Crippen LogP contribution in [0.1, 0.15) is 15.9 Å². The van der Waals surface area contributed by atoms with Crippen LogP contribution in [0.15, 0.2) is 40.9 Å². The van der Waals surface area contributed by atoms with Crippen molar-refractivity contribution in [3.05, 3.63) is 62.1 Å². The van der Waals surface area contributed by atoms with Crippen molar-refractivity contribution in [2.45, 2.75) is 6.92 Å². The summed E-state index contributed by atoms with van der Waals surface area (Å²) in [6, 6.07) is 9.06. The zero-order valence-electron chi connectivity index (χ0n) is 13.5. The topological polar surface area (TPSA) is 110 Å². The van der Waals surface area contributed by atoms with Crippen LogP contribution in [0.25, 0.3) is 0 Å². The first kappa shape index (κ1) is 17.7. The third kappa shape index (κ3) is 3.21. The van der Waals surface area contributed by atoms with Gasteiger partial charge >= 0.3 is 0 Å². The second kappa shape index (κ2) is 6.68. The molecule has 0 saturated carbocycles. The molecular formula is C17H12BrN3O5. The van der Waals surface area contributed by atoms with Crippen molar-refractivity contribution in [2.75, 3.05) is 16.8 Å². The molecule has 1 aliphatic heterocycles. The predicted molar refractivity (Wildman–Crippen MR) is 97.3 cm³/mol. The van der Waals surface area contributed by atoms with Gasteiger partial charge in [-0.25, -0.2) is 0 Å². The Morgan fingerprint density at radius 1 is 1.23 bits per heavy atom. The molecule has 1 heterocycles. The number of nitrogens with zero attached hydrogens (tertiary/aromatic N) is 2. The molecule has 8 nitrogen and oxygen atoms in total. The van der Waals surface area contributed by atoms with Crippen molar-refractivity contribution in [2.24, 2.45) is 0 Å². The average Bonchev–Trinajstić information content (AvgIpc) is 2.81. The lowest BCUT2D eigenvalue weighted by Gasteiger charge is -2.16. The van der Waals surface area contributed by atoms with Crippen molar-refractivity contribution in [1.82, 2.24) is 0 Å². The molecule has 2 aromatic carbocycles. The number of rotatable bonds is 4. The quantitative estimate of drug-likeness (QED) is 0.467. The molecule has 0 unspecified atom stereocenters. The molecule has 0 radical (unpaired) electrons. The van der Waals surface area contributed by atoms with Crippen molar-refractivity contribution < 1.29 is 19.3 Å². The Morgan fingerprint density at radius 3 is 2.65 bits per heavy atom. The van der Waals surface area contributed by atoms with Gasteiger partial charge in [-0.05, 0) is 31.2 Å². The molecule has 0 aromatic heterocycles. The number of hydrogen-bond acceptors (Lipinski definition) is 5. The minimum absolute atomic E-state index is 0.120. The van der Waals surface area contributed by atoms with E-state index in [4.69, 9.17) is 0 Å². The number of carbonyl (C=O) groups is 3. The van der Waals surface area contributed by atoms with Gasteiger partial charge < -0.3 is 5.32 Å². The second-order valence-electron chi connectivity index (χ2n) is 5.69. The molecule has 3 rings (SSSR count). The third-order valence-electron chi connectivity index (χ3n) is 3.92. The summed E-state index contributed by atoms with van der Waals surface area (Å²) in [7, 11) is 0. The molecule has 0 aliphatic carbocycles. The standard InChI is InChI=1S/C17H12BrN3O5/c1-9-2-4-11(7-14(9)21(25)26)19-15(22)8-20-13-5-3-10(18)6-12(13)16(23)17(20)24/h2-7H,8H2,1H3,(H,19,22). The second-order valence-corrected chi connectivity index (χ2v) is 6.60. The van der Waals surface area contributed by atoms with Gasteiger partial charge in [0.25, 0.3) is 17.4 Å². The summed E-state index contributed by atoms with van der Waals surface area (Å²) in [5.41, 5.74) is 1.16. The predicted octanol–water partition coefficient (Wildman–Crippen LogP) is 2.83. The molecule has 132 valence electrons. The van der Waals surface area contributed by atoms with Gasteiger partial charge in [-0.15, -0.1) is 0 Å². The van der Waals surface area contributed by atoms with Crippen LogP contribution in [-0.2, 0) is 9.59 Å². The number of amides is 2. The molecule has 0 bridgehead atoms. The van der Waals surface area contributed by atoms with Gasteiger partial charge in [0.15, 0.2) is 0 Å². The third-order valence-corrected chi connectivity index (χ3v) is 4.42. The molecule has 1 N–H and O–H groups in total.